The second kappa shape index (κ2) is 10.5. The van der Waals surface area contributed by atoms with E-state index >= 15 is 0 Å². The highest BCUT2D eigenvalue weighted by atomic mass is 16.1. The van der Waals surface area contributed by atoms with Gasteiger partial charge < -0.3 is 16.0 Å². The zero-order chi connectivity index (χ0) is 11.5. The van der Waals surface area contributed by atoms with Crippen LogP contribution in [0.3, 0.4) is 0 Å². The monoisotopic (exact) mass is 202 g/mol. The lowest BCUT2D eigenvalue weighted by Gasteiger charge is -2.05. The van der Waals surface area contributed by atoms with Crippen molar-refractivity contribution >= 4 is 5.91 Å². The number of carbonyl (C=O) groups is 1. The number of carbonyl (C=O) groups excluding carboxylic acids is 1. The third kappa shape index (κ3) is 9.48. The van der Waals surface area contributed by atoms with E-state index in [2.05, 4.69) is 22.9 Å². The smallest absolute Gasteiger partial charge is 0.234 e. The Kier molecular flexibility index (Phi) is 8.57. The van der Waals surface area contributed by atoms with Gasteiger partial charge in [-0.3, -0.25) is 4.79 Å². The van der Waals surface area contributed by atoms with Crippen molar-refractivity contribution in [1.82, 2.24) is 16.0 Å². The van der Waals surface area contributed by atoms with Crippen molar-refractivity contribution in [3.63, 3.8) is 0 Å². The Labute approximate surface area is 88.2 Å². The predicted octanol–water partition coefficient (Wildman–Crippen LogP) is 0.102. The number of hydrogen-bond acceptors (Lipinski definition) is 3. The van der Waals surface area contributed by atoms with Crippen LogP contribution in [0.25, 0.3) is 0 Å². The van der Waals surface area contributed by atoms with Crippen LogP contribution in [-0.2, 0) is 4.79 Å². The van der Waals surface area contributed by atoms with E-state index in [0.717, 1.165) is 25.8 Å². The van der Waals surface area contributed by atoms with Gasteiger partial charge in [0.25, 0.3) is 0 Å². The third-order valence-electron chi connectivity index (χ3n) is 1.81. The first-order valence-electron chi connectivity index (χ1n) is 5.85. The topological polar surface area (TPSA) is 53.2 Å². The highest BCUT2D eigenvalue weighted by Crippen LogP contribution is 1.90. The van der Waals surface area contributed by atoms with E-state index in [0.29, 0.717) is 6.54 Å². The fourth-order valence-corrected chi connectivity index (χ4v) is 0.963. The SMILES string of the molecule is [2H]C(CCCC)NCC(=O)NCCNC. The largest absolute Gasteiger partial charge is 0.354 e. The van der Waals surface area contributed by atoms with E-state index in [9.17, 15) is 4.79 Å². The molecule has 0 bridgehead atoms. The average molecular weight is 202 g/mol. The van der Waals surface area contributed by atoms with Crippen LogP contribution < -0.4 is 16.0 Å². The zero-order valence-electron chi connectivity index (χ0n) is 10.2. The van der Waals surface area contributed by atoms with E-state index in [4.69, 9.17) is 1.37 Å². The van der Waals surface area contributed by atoms with Gasteiger partial charge in [-0.15, -0.1) is 0 Å². The maximum atomic E-state index is 11.2. The Hall–Kier alpha value is -0.610. The lowest BCUT2D eigenvalue weighted by Crippen LogP contribution is -2.37. The van der Waals surface area contributed by atoms with Gasteiger partial charge in [0, 0.05) is 14.5 Å². The maximum Gasteiger partial charge on any atom is 0.234 e. The summed E-state index contributed by atoms with van der Waals surface area (Å²) in [5, 5.41) is 8.57. The molecule has 0 aromatic rings. The lowest BCUT2D eigenvalue weighted by molar-refractivity contribution is -0.120. The maximum absolute atomic E-state index is 11.2. The fraction of sp³-hybridized carbons (Fsp3) is 0.900. The van der Waals surface area contributed by atoms with E-state index in [1.165, 1.54) is 0 Å². The molecule has 0 fully saturated rings. The Morgan fingerprint density at radius 2 is 2.14 bits per heavy atom. The third-order valence-corrected chi connectivity index (χ3v) is 1.81. The zero-order valence-corrected chi connectivity index (χ0v) is 9.23. The normalized spacial score (nSPS) is 13.4. The second-order valence-electron chi connectivity index (χ2n) is 3.18. The number of rotatable bonds is 9. The molecule has 0 rings (SSSR count). The summed E-state index contributed by atoms with van der Waals surface area (Å²) >= 11 is 0. The van der Waals surface area contributed by atoms with Crippen LogP contribution in [0.15, 0.2) is 0 Å². The molecule has 0 aliphatic heterocycles. The standard InChI is InChI=1S/C10H23N3O/c1-3-4-5-6-12-9-10(14)13-8-7-11-2/h11-12H,3-9H2,1-2H3,(H,13,14)/i6D. The number of likely N-dealkylation sites (N-methyl/N-ethyl adjacent to an activating group) is 1. The van der Waals surface area contributed by atoms with Crippen LogP contribution in [0.1, 0.15) is 27.6 Å². The van der Waals surface area contributed by atoms with E-state index < -0.39 is 0 Å². The summed E-state index contributed by atoms with van der Waals surface area (Å²) in [5.74, 6) is -0.0426. The first kappa shape index (κ1) is 11.5. The molecule has 0 aromatic heterocycles. The molecule has 0 spiro atoms. The molecule has 4 nitrogen and oxygen atoms in total. The molecule has 1 amide bonds. The van der Waals surface area contributed by atoms with E-state index in [1.807, 2.05) is 7.05 Å². The molecule has 0 radical (unpaired) electrons. The summed E-state index contributed by atoms with van der Waals surface area (Å²) in [4.78, 5) is 11.2. The van der Waals surface area contributed by atoms with Crippen molar-refractivity contribution in [2.45, 2.75) is 26.2 Å². The van der Waals surface area contributed by atoms with Gasteiger partial charge in [0.2, 0.25) is 5.91 Å². The van der Waals surface area contributed by atoms with Crippen molar-refractivity contribution in [1.29, 1.82) is 0 Å². The van der Waals surface area contributed by atoms with Crippen LogP contribution in [0.4, 0.5) is 0 Å². The minimum absolute atomic E-state index is 0.0426. The minimum Gasteiger partial charge on any atom is -0.354 e. The quantitative estimate of drug-likeness (QED) is 0.465. The van der Waals surface area contributed by atoms with Gasteiger partial charge in [-0.05, 0) is 20.0 Å². The fourth-order valence-electron chi connectivity index (χ4n) is 0.963. The van der Waals surface area contributed by atoms with Crippen molar-refractivity contribution in [3.8, 4) is 0 Å². The van der Waals surface area contributed by atoms with Crippen molar-refractivity contribution in [2.24, 2.45) is 0 Å². The molecule has 0 aliphatic carbocycles. The van der Waals surface area contributed by atoms with Crippen LogP contribution in [0.2, 0.25) is 0 Å². The molecule has 84 valence electrons. The summed E-state index contributed by atoms with van der Waals surface area (Å²) in [6.07, 6.45) is 2.92. The number of hydrogen-bond donors (Lipinski definition) is 3. The average Bonchev–Trinajstić information content (AvgIpc) is 2.24. The van der Waals surface area contributed by atoms with Crippen molar-refractivity contribution in [2.75, 3.05) is 33.2 Å². The Bertz CT molecular complexity index is 167. The highest BCUT2D eigenvalue weighted by molar-refractivity contribution is 5.77. The molecule has 0 heterocycles. The molecule has 0 saturated heterocycles. The first-order valence-corrected chi connectivity index (χ1v) is 5.27. The van der Waals surface area contributed by atoms with Crippen LogP contribution in [0.5, 0.6) is 0 Å². The Morgan fingerprint density at radius 1 is 1.36 bits per heavy atom. The molecule has 1 unspecified atom stereocenters. The van der Waals surface area contributed by atoms with Crippen molar-refractivity contribution < 1.29 is 6.17 Å². The van der Waals surface area contributed by atoms with Gasteiger partial charge in [-0.1, -0.05) is 19.8 Å². The number of amides is 1. The molecule has 0 aliphatic rings. The Morgan fingerprint density at radius 3 is 2.79 bits per heavy atom. The van der Waals surface area contributed by atoms with Crippen LogP contribution >= 0.6 is 0 Å². The second-order valence-corrected chi connectivity index (χ2v) is 3.18. The number of unbranched alkanes of at least 4 members (excludes halogenated alkanes) is 1. The van der Waals surface area contributed by atoms with Gasteiger partial charge in [-0.2, -0.15) is 0 Å². The van der Waals surface area contributed by atoms with Crippen LogP contribution in [0, 0.1) is 0 Å². The molecule has 0 aromatic carbocycles. The molecule has 1 atom stereocenters. The Balaban J connectivity index is 3.36. The molecular formula is C10H23N3O. The first-order chi connectivity index (χ1) is 7.20. The summed E-state index contributed by atoms with van der Waals surface area (Å²) in [7, 11) is 1.84. The minimum atomic E-state index is -0.319. The van der Waals surface area contributed by atoms with E-state index in [-0.39, 0.29) is 19.0 Å². The van der Waals surface area contributed by atoms with Crippen LogP contribution in [-0.4, -0.2) is 39.1 Å². The van der Waals surface area contributed by atoms with E-state index in [1.54, 1.807) is 0 Å². The molecule has 0 saturated carbocycles. The summed E-state index contributed by atoms with van der Waals surface area (Å²) in [5.41, 5.74) is 0. The van der Waals surface area contributed by atoms with Gasteiger partial charge in [0.05, 0.1) is 6.54 Å². The van der Waals surface area contributed by atoms with Gasteiger partial charge in [0.1, 0.15) is 0 Å². The summed E-state index contributed by atoms with van der Waals surface area (Å²) < 4.78 is 7.58. The van der Waals surface area contributed by atoms with Crippen molar-refractivity contribution in [3.05, 3.63) is 0 Å². The molecule has 3 N–H and O–H groups in total. The van der Waals surface area contributed by atoms with Gasteiger partial charge in [0.15, 0.2) is 0 Å². The highest BCUT2D eigenvalue weighted by Gasteiger charge is 1.97. The number of nitrogens with one attached hydrogen (secondary N) is 3. The lowest BCUT2D eigenvalue weighted by atomic mass is 10.2. The van der Waals surface area contributed by atoms with Gasteiger partial charge in [-0.25, -0.2) is 0 Å². The molecule has 4 heteroatoms. The summed E-state index contributed by atoms with van der Waals surface area (Å²) in [6.45, 7) is 3.42. The predicted molar refractivity (Wildman–Crippen MR) is 59.3 cm³/mol. The summed E-state index contributed by atoms with van der Waals surface area (Å²) in [6, 6.07) is 0. The molecule has 14 heavy (non-hydrogen) atoms. The van der Waals surface area contributed by atoms with Gasteiger partial charge >= 0.3 is 0 Å². The molecular weight excluding hydrogens is 178 g/mol.